The van der Waals surface area contributed by atoms with Gasteiger partial charge in [0.25, 0.3) is 0 Å². The first-order valence-electron chi connectivity index (χ1n) is 5.94. The number of hydrogen-bond donors (Lipinski definition) is 0. The fourth-order valence-electron chi connectivity index (χ4n) is 1.98. The van der Waals surface area contributed by atoms with E-state index in [0.717, 1.165) is 5.39 Å². The summed E-state index contributed by atoms with van der Waals surface area (Å²) < 4.78 is 13.3. The molecule has 0 saturated heterocycles. The molecule has 0 amide bonds. The maximum absolute atomic E-state index is 13.3. The summed E-state index contributed by atoms with van der Waals surface area (Å²) in [6.45, 7) is 1.69. The van der Waals surface area contributed by atoms with Crippen molar-refractivity contribution in [2.45, 2.75) is 6.92 Å². The third-order valence-electron chi connectivity index (χ3n) is 3.03. The lowest BCUT2D eigenvalue weighted by Gasteiger charge is -2.06. The second-order valence-corrected chi connectivity index (χ2v) is 5.26. The Kier molecular flexibility index (Phi) is 3.32. The van der Waals surface area contributed by atoms with E-state index in [0.29, 0.717) is 32.6 Å². The van der Waals surface area contributed by atoms with E-state index in [-0.39, 0.29) is 5.82 Å². The highest BCUT2D eigenvalue weighted by molar-refractivity contribution is 6.35. The lowest BCUT2D eigenvalue weighted by Crippen LogP contribution is -1.93. The summed E-state index contributed by atoms with van der Waals surface area (Å²) in [6, 6.07) is 9.96. The number of benzene rings is 2. The van der Waals surface area contributed by atoms with Crippen LogP contribution in [0.15, 0.2) is 36.4 Å². The van der Waals surface area contributed by atoms with Gasteiger partial charge in [-0.2, -0.15) is 0 Å². The zero-order valence-corrected chi connectivity index (χ0v) is 12.0. The van der Waals surface area contributed by atoms with E-state index in [1.54, 1.807) is 37.3 Å². The number of halogens is 3. The van der Waals surface area contributed by atoms with Crippen molar-refractivity contribution in [3.63, 3.8) is 0 Å². The van der Waals surface area contributed by atoms with Crippen molar-refractivity contribution in [2.24, 2.45) is 0 Å². The predicted octanol–water partition coefficient (Wildman–Crippen LogP) is 5.05. The minimum Gasteiger partial charge on any atom is -0.228 e. The minimum atomic E-state index is -0.260. The van der Waals surface area contributed by atoms with Crippen molar-refractivity contribution in [1.29, 1.82) is 0 Å². The van der Waals surface area contributed by atoms with Crippen molar-refractivity contribution < 1.29 is 4.39 Å². The summed E-state index contributed by atoms with van der Waals surface area (Å²) in [7, 11) is 0. The van der Waals surface area contributed by atoms with Gasteiger partial charge < -0.3 is 0 Å². The maximum atomic E-state index is 13.3. The van der Waals surface area contributed by atoms with Crippen LogP contribution in [0.4, 0.5) is 4.39 Å². The molecule has 20 heavy (non-hydrogen) atoms. The van der Waals surface area contributed by atoms with Crippen LogP contribution in [0, 0.1) is 12.7 Å². The van der Waals surface area contributed by atoms with E-state index >= 15 is 0 Å². The molecule has 0 aliphatic heterocycles. The first kappa shape index (κ1) is 13.3. The molecule has 1 aromatic heterocycles. The van der Waals surface area contributed by atoms with Crippen LogP contribution in [0.1, 0.15) is 5.56 Å². The molecule has 3 aromatic rings. The summed E-state index contributed by atoms with van der Waals surface area (Å²) in [6.07, 6.45) is 0. The van der Waals surface area contributed by atoms with Gasteiger partial charge in [-0.3, -0.25) is 0 Å². The Morgan fingerprint density at radius 2 is 1.80 bits per heavy atom. The van der Waals surface area contributed by atoms with Gasteiger partial charge in [-0.1, -0.05) is 23.2 Å². The maximum Gasteiger partial charge on any atom is 0.161 e. The molecule has 0 saturated carbocycles. The van der Waals surface area contributed by atoms with Crippen LogP contribution in [0.2, 0.25) is 10.2 Å². The van der Waals surface area contributed by atoms with Gasteiger partial charge >= 0.3 is 0 Å². The molecule has 0 bridgehead atoms. The van der Waals surface area contributed by atoms with Crippen molar-refractivity contribution >= 4 is 34.1 Å². The Morgan fingerprint density at radius 1 is 1.00 bits per heavy atom. The molecule has 100 valence electrons. The van der Waals surface area contributed by atoms with Gasteiger partial charge in [-0.15, -0.1) is 0 Å². The van der Waals surface area contributed by atoms with Crippen molar-refractivity contribution in [1.82, 2.24) is 9.97 Å². The Hall–Kier alpha value is -1.71. The number of rotatable bonds is 1. The number of aryl methyl sites for hydroxylation is 1. The fraction of sp³-hybridized carbons (Fsp3) is 0.0667. The van der Waals surface area contributed by atoms with E-state index < -0.39 is 0 Å². The zero-order chi connectivity index (χ0) is 14.3. The number of aromatic nitrogens is 2. The average molecular weight is 307 g/mol. The second kappa shape index (κ2) is 5.00. The standard InChI is InChI=1S/C15H9Cl2FN2/c1-8-6-9(2-5-12(8)18)15-19-13-7-10(16)3-4-11(13)14(17)20-15/h2-7H,1H3. The lowest BCUT2D eigenvalue weighted by atomic mass is 10.1. The van der Waals surface area contributed by atoms with Crippen molar-refractivity contribution in [2.75, 3.05) is 0 Å². The number of fused-ring (bicyclic) bond motifs is 1. The van der Waals surface area contributed by atoms with Crippen LogP contribution < -0.4 is 0 Å². The van der Waals surface area contributed by atoms with E-state index in [9.17, 15) is 4.39 Å². The average Bonchev–Trinajstić information content (AvgIpc) is 2.41. The number of nitrogens with zero attached hydrogens (tertiary/aromatic N) is 2. The third kappa shape index (κ3) is 2.35. The summed E-state index contributed by atoms with van der Waals surface area (Å²) in [5.74, 6) is 0.191. The van der Waals surface area contributed by atoms with Crippen LogP contribution in [0.25, 0.3) is 22.3 Å². The molecule has 5 heteroatoms. The van der Waals surface area contributed by atoms with Crippen LogP contribution in [-0.2, 0) is 0 Å². The quantitative estimate of drug-likeness (QED) is 0.588. The van der Waals surface area contributed by atoms with Crippen molar-refractivity contribution in [3.05, 3.63) is 58.0 Å². The van der Waals surface area contributed by atoms with E-state index in [4.69, 9.17) is 23.2 Å². The molecule has 0 aliphatic rings. The zero-order valence-electron chi connectivity index (χ0n) is 10.5. The number of hydrogen-bond acceptors (Lipinski definition) is 2. The molecular weight excluding hydrogens is 298 g/mol. The van der Waals surface area contributed by atoms with Gasteiger partial charge in [-0.05, 0) is 48.9 Å². The molecule has 0 atom stereocenters. The molecule has 1 heterocycles. The van der Waals surface area contributed by atoms with Gasteiger partial charge in [0.1, 0.15) is 11.0 Å². The Bertz CT molecular complexity index is 818. The first-order valence-corrected chi connectivity index (χ1v) is 6.69. The van der Waals surface area contributed by atoms with Gasteiger partial charge in [0.15, 0.2) is 5.82 Å². The highest BCUT2D eigenvalue weighted by Crippen LogP contribution is 2.27. The summed E-state index contributed by atoms with van der Waals surface area (Å²) in [5, 5.41) is 1.66. The lowest BCUT2D eigenvalue weighted by molar-refractivity contribution is 0.618. The minimum absolute atomic E-state index is 0.260. The van der Waals surface area contributed by atoms with Gasteiger partial charge in [0.05, 0.1) is 5.52 Å². The second-order valence-electron chi connectivity index (χ2n) is 4.46. The van der Waals surface area contributed by atoms with Crippen LogP contribution in [-0.4, -0.2) is 9.97 Å². The van der Waals surface area contributed by atoms with E-state index in [1.165, 1.54) is 6.07 Å². The monoisotopic (exact) mass is 306 g/mol. The molecule has 0 unspecified atom stereocenters. The molecule has 0 N–H and O–H groups in total. The van der Waals surface area contributed by atoms with Crippen LogP contribution in [0.3, 0.4) is 0 Å². The first-order chi connectivity index (χ1) is 9.54. The molecule has 0 spiro atoms. The Labute approximate surface area is 125 Å². The Morgan fingerprint density at radius 3 is 2.55 bits per heavy atom. The highest BCUT2D eigenvalue weighted by atomic mass is 35.5. The topological polar surface area (TPSA) is 25.8 Å². The molecular formula is C15H9Cl2FN2. The molecule has 2 aromatic carbocycles. The summed E-state index contributed by atoms with van der Waals surface area (Å²) in [4.78, 5) is 8.70. The van der Waals surface area contributed by atoms with E-state index in [2.05, 4.69) is 9.97 Å². The van der Waals surface area contributed by atoms with Crippen LogP contribution in [0.5, 0.6) is 0 Å². The summed E-state index contributed by atoms with van der Waals surface area (Å²) >= 11 is 12.1. The molecule has 0 radical (unpaired) electrons. The van der Waals surface area contributed by atoms with Gasteiger partial charge in [0, 0.05) is 16.0 Å². The fourth-order valence-corrected chi connectivity index (χ4v) is 2.38. The molecule has 0 fully saturated rings. The van der Waals surface area contributed by atoms with E-state index in [1.807, 2.05) is 0 Å². The predicted molar refractivity (Wildman–Crippen MR) is 79.7 cm³/mol. The highest BCUT2D eigenvalue weighted by Gasteiger charge is 2.09. The summed E-state index contributed by atoms with van der Waals surface area (Å²) in [5.41, 5.74) is 1.91. The molecule has 2 nitrogen and oxygen atoms in total. The third-order valence-corrected chi connectivity index (χ3v) is 3.55. The smallest absolute Gasteiger partial charge is 0.161 e. The van der Waals surface area contributed by atoms with Gasteiger partial charge in [0.2, 0.25) is 0 Å². The normalized spacial score (nSPS) is 11.0. The SMILES string of the molecule is Cc1cc(-c2nc(Cl)c3ccc(Cl)cc3n2)ccc1F. The largest absolute Gasteiger partial charge is 0.228 e. The van der Waals surface area contributed by atoms with Crippen LogP contribution >= 0.6 is 23.2 Å². The Balaban J connectivity index is 2.23. The van der Waals surface area contributed by atoms with Crippen molar-refractivity contribution in [3.8, 4) is 11.4 Å². The molecule has 3 rings (SSSR count). The molecule has 0 aliphatic carbocycles. The van der Waals surface area contributed by atoms with Gasteiger partial charge in [-0.25, -0.2) is 14.4 Å².